The van der Waals surface area contributed by atoms with Crippen LogP contribution in [0.5, 0.6) is 0 Å². The molecule has 0 aliphatic carbocycles. The van der Waals surface area contributed by atoms with Crippen LogP contribution >= 0.6 is 0 Å². The monoisotopic (exact) mass is 401 g/mol. The van der Waals surface area contributed by atoms with E-state index in [1.165, 1.54) is 9.13 Å². The van der Waals surface area contributed by atoms with Gasteiger partial charge in [-0.2, -0.15) is 0 Å². The van der Waals surface area contributed by atoms with Crippen molar-refractivity contribution in [2.45, 2.75) is 6.54 Å². The van der Waals surface area contributed by atoms with Gasteiger partial charge in [0.2, 0.25) is 5.91 Å². The van der Waals surface area contributed by atoms with E-state index in [0.717, 1.165) is 5.52 Å². The van der Waals surface area contributed by atoms with Gasteiger partial charge in [0.15, 0.2) is 0 Å². The second kappa shape index (κ2) is 8.04. The zero-order chi connectivity index (χ0) is 21.1. The zero-order valence-electron chi connectivity index (χ0n) is 16.2. The molecule has 0 radical (unpaired) electrons. The smallest absolute Gasteiger partial charge is 0.324 e. The lowest BCUT2D eigenvalue weighted by Crippen LogP contribution is -2.28. The average Bonchev–Trinajstić information content (AvgIpc) is 2.99. The molecule has 4 aromatic rings. The SMILES string of the molecule is Cn1c(=O)n(CC(=O)Nc2cccc(NC(=O)c3ccncc3)c2)c2ccccc21. The van der Waals surface area contributed by atoms with E-state index >= 15 is 0 Å². The molecule has 0 saturated heterocycles. The Bertz CT molecular complexity index is 1290. The summed E-state index contributed by atoms with van der Waals surface area (Å²) in [4.78, 5) is 41.2. The van der Waals surface area contributed by atoms with Gasteiger partial charge < -0.3 is 10.6 Å². The number of hydrogen-bond donors (Lipinski definition) is 2. The Kier molecular flexibility index (Phi) is 5.13. The maximum atomic E-state index is 12.6. The zero-order valence-corrected chi connectivity index (χ0v) is 16.2. The number of anilines is 2. The highest BCUT2D eigenvalue weighted by atomic mass is 16.2. The molecule has 150 valence electrons. The van der Waals surface area contributed by atoms with E-state index < -0.39 is 0 Å². The van der Waals surface area contributed by atoms with E-state index in [9.17, 15) is 14.4 Å². The molecule has 2 heterocycles. The summed E-state index contributed by atoms with van der Waals surface area (Å²) in [6, 6.07) is 17.4. The van der Waals surface area contributed by atoms with Gasteiger partial charge in [-0.05, 0) is 42.5 Å². The predicted octanol–water partition coefficient (Wildman–Crippen LogP) is 2.63. The number of nitrogens with one attached hydrogen (secondary N) is 2. The number of carbonyl (C=O) groups is 2. The summed E-state index contributed by atoms with van der Waals surface area (Å²) in [5, 5.41) is 5.56. The van der Waals surface area contributed by atoms with Gasteiger partial charge in [-0.25, -0.2) is 4.79 Å². The van der Waals surface area contributed by atoms with E-state index in [1.54, 1.807) is 61.9 Å². The van der Waals surface area contributed by atoms with Crippen LogP contribution in [0.1, 0.15) is 10.4 Å². The fraction of sp³-hybridized carbons (Fsp3) is 0.0909. The topological polar surface area (TPSA) is 98.0 Å². The average molecular weight is 401 g/mol. The number of pyridine rings is 1. The molecule has 0 unspecified atom stereocenters. The third-order valence-electron chi connectivity index (χ3n) is 4.70. The first-order valence-electron chi connectivity index (χ1n) is 9.28. The first kappa shape index (κ1) is 19.1. The molecule has 0 atom stereocenters. The van der Waals surface area contributed by atoms with E-state index in [0.29, 0.717) is 22.5 Å². The summed E-state index contributed by atoms with van der Waals surface area (Å²) in [6.45, 7) is -0.117. The molecule has 0 aliphatic rings. The summed E-state index contributed by atoms with van der Waals surface area (Å²) in [7, 11) is 1.67. The molecule has 0 aliphatic heterocycles. The van der Waals surface area contributed by atoms with Gasteiger partial charge in [0, 0.05) is 36.4 Å². The molecule has 0 spiro atoms. The van der Waals surface area contributed by atoms with E-state index in [1.807, 2.05) is 18.2 Å². The van der Waals surface area contributed by atoms with Crippen LogP contribution in [0.2, 0.25) is 0 Å². The minimum Gasteiger partial charge on any atom is -0.324 e. The van der Waals surface area contributed by atoms with Crippen molar-refractivity contribution >= 4 is 34.2 Å². The molecule has 4 rings (SSSR count). The second-order valence-electron chi connectivity index (χ2n) is 6.74. The maximum Gasteiger partial charge on any atom is 0.329 e. The molecule has 2 amide bonds. The highest BCUT2D eigenvalue weighted by Gasteiger charge is 2.13. The second-order valence-corrected chi connectivity index (χ2v) is 6.74. The molecule has 30 heavy (non-hydrogen) atoms. The van der Waals surface area contributed by atoms with Crippen LogP contribution in [-0.2, 0) is 18.4 Å². The third kappa shape index (κ3) is 3.83. The standard InChI is InChI=1S/C22H19N5O3/c1-26-18-7-2-3-8-19(18)27(22(26)30)14-20(28)24-16-5-4-6-17(13-16)25-21(29)15-9-11-23-12-10-15/h2-13H,14H2,1H3,(H,24,28)(H,25,29). The van der Waals surface area contributed by atoms with Crippen molar-refractivity contribution in [1.29, 1.82) is 0 Å². The van der Waals surface area contributed by atoms with Crippen LogP contribution in [0.25, 0.3) is 11.0 Å². The molecule has 0 bridgehead atoms. The maximum absolute atomic E-state index is 12.6. The number of carbonyl (C=O) groups excluding carboxylic acids is 2. The van der Waals surface area contributed by atoms with Gasteiger partial charge in [0.1, 0.15) is 6.54 Å². The van der Waals surface area contributed by atoms with Gasteiger partial charge in [-0.1, -0.05) is 18.2 Å². The van der Waals surface area contributed by atoms with Crippen molar-refractivity contribution in [3.8, 4) is 0 Å². The summed E-state index contributed by atoms with van der Waals surface area (Å²) in [5.74, 6) is -0.616. The largest absolute Gasteiger partial charge is 0.329 e. The van der Waals surface area contributed by atoms with Crippen molar-refractivity contribution in [3.05, 3.63) is 89.1 Å². The number of fused-ring (bicyclic) bond motifs is 1. The number of hydrogen-bond acceptors (Lipinski definition) is 4. The van der Waals surface area contributed by atoms with Crippen molar-refractivity contribution in [2.24, 2.45) is 7.05 Å². The summed E-state index contributed by atoms with van der Waals surface area (Å²) in [5.41, 5.74) is 2.73. The van der Waals surface area contributed by atoms with E-state index in [2.05, 4.69) is 15.6 Å². The van der Waals surface area contributed by atoms with Crippen LogP contribution in [0, 0.1) is 0 Å². The number of benzene rings is 2. The van der Waals surface area contributed by atoms with Crippen molar-refractivity contribution < 1.29 is 9.59 Å². The van der Waals surface area contributed by atoms with Crippen LogP contribution in [0.4, 0.5) is 11.4 Å². The van der Waals surface area contributed by atoms with Crippen molar-refractivity contribution in [2.75, 3.05) is 10.6 Å². The molecule has 2 aromatic heterocycles. The van der Waals surface area contributed by atoms with Crippen molar-refractivity contribution in [3.63, 3.8) is 0 Å². The lowest BCUT2D eigenvalue weighted by atomic mass is 10.2. The Morgan fingerprint density at radius 2 is 1.57 bits per heavy atom. The molecule has 2 N–H and O–H groups in total. The van der Waals surface area contributed by atoms with Gasteiger partial charge in [-0.15, -0.1) is 0 Å². The van der Waals surface area contributed by atoms with E-state index in [-0.39, 0.29) is 24.0 Å². The highest BCUT2D eigenvalue weighted by Crippen LogP contribution is 2.17. The Morgan fingerprint density at radius 1 is 0.900 bits per heavy atom. The van der Waals surface area contributed by atoms with Crippen molar-refractivity contribution in [1.82, 2.24) is 14.1 Å². The van der Waals surface area contributed by atoms with Crippen LogP contribution in [-0.4, -0.2) is 25.9 Å². The molecule has 2 aromatic carbocycles. The molecular formula is C22H19N5O3. The van der Waals surface area contributed by atoms with Crippen LogP contribution < -0.4 is 16.3 Å². The van der Waals surface area contributed by atoms with Gasteiger partial charge in [0.25, 0.3) is 5.91 Å². The molecular weight excluding hydrogens is 382 g/mol. The highest BCUT2D eigenvalue weighted by molar-refractivity contribution is 6.04. The minimum absolute atomic E-state index is 0.117. The van der Waals surface area contributed by atoms with Gasteiger partial charge in [0.05, 0.1) is 11.0 Å². The molecule has 0 fully saturated rings. The Balaban J connectivity index is 1.48. The Morgan fingerprint density at radius 3 is 2.30 bits per heavy atom. The fourth-order valence-corrected chi connectivity index (χ4v) is 3.24. The quantitative estimate of drug-likeness (QED) is 0.537. The van der Waals surface area contributed by atoms with Gasteiger partial charge >= 0.3 is 5.69 Å². The fourth-order valence-electron chi connectivity index (χ4n) is 3.24. The summed E-state index contributed by atoms with van der Waals surface area (Å²) in [6.07, 6.45) is 3.08. The lowest BCUT2D eigenvalue weighted by Gasteiger charge is -2.09. The first-order valence-corrected chi connectivity index (χ1v) is 9.28. The van der Waals surface area contributed by atoms with Crippen LogP contribution in [0.3, 0.4) is 0 Å². The minimum atomic E-state index is -0.342. The van der Waals surface area contributed by atoms with Crippen LogP contribution in [0.15, 0.2) is 77.9 Å². The normalized spacial score (nSPS) is 10.7. The Labute approximate surface area is 171 Å². The number of imidazole rings is 1. The number of amides is 2. The number of aromatic nitrogens is 3. The van der Waals surface area contributed by atoms with Gasteiger partial charge in [-0.3, -0.25) is 23.7 Å². The summed E-state index contributed by atoms with van der Waals surface area (Å²) < 4.78 is 2.94. The van der Waals surface area contributed by atoms with E-state index in [4.69, 9.17) is 0 Å². The molecule has 8 nitrogen and oxygen atoms in total. The Hall–Kier alpha value is -4.20. The first-order chi connectivity index (χ1) is 14.5. The number of nitrogens with zero attached hydrogens (tertiary/aromatic N) is 3. The summed E-state index contributed by atoms with van der Waals surface area (Å²) >= 11 is 0. The number of para-hydroxylation sites is 2. The third-order valence-corrected chi connectivity index (χ3v) is 4.70. The number of rotatable bonds is 5. The number of aryl methyl sites for hydroxylation is 1. The predicted molar refractivity (Wildman–Crippen MR) is 114 cm³/mol. The molecule has 0 saturated carbocycles. The molecule has 8 heteroatoms. The lowest BCUT2D eigenvalue weighted by molar-refractivity contribution is -0.116.